The van der Waals surface area contributed by atoms with Crippen molar-refractivity contribution in [3.8, 4) is 0 Å². The van der Waals surface area contributed by atoms with Crippen LogP contribution >= 0.6 is 0 Å². The zero-order chi connectivity index (χ0) is 11.0. The molecule has 0 radical (unpaired) electrons. The normalized spacial score (nSPS) is 14.5. The summed E-state index contributed by atoms with van der Waals surface area (Å²) in [7, 11) is 0. The summed E-state index contributed by atoms with van der Waals surface area (Å²) in [6.45, 7) is 3.51. The summed E-state index contributed by atoms with van der Waals surface area (Å²) in [6.07, 6.45) is 1.43. The third kappa shape index (κ3) is 7.58. The molecule has 0 aromatic carbocycles. The molecule has 0 atom stereocenters. The molecule has 0 aliphatic carbocycles. The minimum absolute atomic E-state index is 0.0713. The smallest absolute Gasteiger partial charge is 0.262 e. The molecule has 0 bridgehead atoms. The lowest BCUT2D eigenvalue weighted by Crippen LogP contribution is -2.09. The molecular weight excluding hydrogens is 191 g/mol. The van der Waals surface area contributed by atoms with Gasteiger partial charge in [0.1, 0.15) is 0 Å². The van der Waals surface area contributed by atoms with Gasteiger partial charge in [-0.1, -0.05) is 12.2 Å². The molecule has 0 fully saturated rings. The van der Waals surface area contributed by atoms with Gasteiger partial charge in [-0.3, -0.25) is 4.99 Å². The van der Waals surface area contributed by atoms with Crippen LogP contribution in [0.25, 0.3) is 0 Å². The van der Waals surface area contributed by atoms with Crippen LogP contribution in [0.4, 0.5) is 13.2 Å². The first-order valence-electron chi connectivity index (χ1n) is 4.37. The highest BCUT2D eigenvalue weighted by molar-refractivity contribution is 5.95. The van der Waals surface area contributed by atoms with Crippen molar-refractivity contribution in [2.45, 2.75) is 32.9 Å². The van der Waals surface area contributed by atoms with Crippen molar-refractivity contribution in [2.24, 2.45) is 4.99 Å². The largest absolute Gasteiger partial charge is 0.389 e. The lowest BCUT2D eigenvalue weighted by Gasteiger charge is -2.05. The minimum Gasteiger partial charge on any atom is -0.262 e. The van der Waals surface area contributed by atoms with E-state index < -0.39 is 12.6 Å². The number of hydrogen-bond donors (Lipinski definition) is 0. The van der Waals surface area contributed by atoms with Gasteiger partial charge in [0, 0.05) is 18.3 Å². The first kappa shape index (κ1) is 12.9. The molecule has 0 aliphatic heterocycles. The van der Waals surface area contributed by atoms with Crippen LogP contribution < -0.4 is 0 Å². The first-order chi connectivity index (χ1) is 6.49. The number of allylic oxidation sites excluding steroid dienone is 3. The topological polar surface area (TPSA) is 12.4 Å². The molecular formula is C10H14F3N. The molecule has 80 valence electrons. The molecule has 4 heteroatoms. The summed E-state index contributed by atoms with van der Waals surface area (Å²) >= 11 is 0. The van der Waals surface area contributed by atoms with Crippen LogP contribution in [0.3, 0.4) is 0 Å². The van der Waals surface area contributed by atoms with E-state index in [0.29, 0.717) is 5.71 Å². The van der Waals surface area contributed by atoms with Crippen LogP contribution in [-0.4, -0.2) is 11.9 Å². The number of rotatable bonds is 4. The van der Waals surface area contributed by atoms with E-state index >= 15 is 0 Å². The van der Waals surface area contributed by atoms with Crippen LogP contribution in [0.2, 0.25) is 0 Å². The lowest BCUT2D eigenvalue weighted by molar-refractivity contribution is -0.132. The van der Waals surface area contributed by atoms with E-state index in [9.17, 15) is 13.2 Å². The zero-order valence-corrected chi connectivity index (χ0v) is 8.30. The summed E-state index contributed by atoms with van der Waals surface area (Å²) in [4.78, 5) is 3.88. The van der Waals surface area contributed by atoms with Crippen molar-refractivity contribution in [2.75, 3.05) is 0 Å². The van der Waals surface area contributed by atoms with Gasteiger partial charge < -0.3 is 0 Å². The van der Waals surface area contributed by atoms with E-state index in [-0.39, 0.29) is 6.42 Å². The van der Waals surface area contributed by atoms with Crippen molar-refractivity contribution in [1.29, 1.82) is 0 Å². The Labute approximate surface area is 82.0 Å². The predicted octanol–water partition coefficient (Wildman–Crippen LogP) is 3.88. The molecule has 0 aromatic heterocycles. The van der Waals surface area contributed by atoms with E-state index in [4.69, 9.17) is 0 Å². The van der Waals surface area contributed by atoms with Gasteiger partial charge in [0.2, 0.25) is 0 Å². The maximum Gasteiger partial charge on any atom is 0.389 e. The van der Waals surface area contributed by atoms with Crippen molar-refractivity contribution in [3.05, 3.63) is 24.4 Å². The van der Waals surface area contributed by atoms with Crippen LogP contribution in [0, 0.1) is 0 Å². The molecule has 0 aromatic rings. The molecule has 0 saturated heterocycles. The van der Waals surface area contributed by atoms with Crippen molar-refractivity contribution in [1.82, 2.24) is 0 Å². The van der Waals surface area contributed by atoms with Gasteiger partial charge in [0.15, 0.2) is 0 Å². The van der Waals surface area contributed by atoms with Crippen LogP contribution in [-0.2, 0) is 0 Å². The Kier molecular flexibility index (Phi) is 5.92. The molecule has 0 amide bonds. The van der Waals surface area contributed by atoms with Gasteiger partial charge in [0.05, 0.1) is 0 Å². The standard InChI is InChI=1S/C10H14F3N/c1-3-5-9(14-8-4-2)6-7-10(11,12)13/h3-5,8H,6-7H2,1-2H3/b5-3-,8-4-,14-9+. The Morgan fingerprint density at radius 1 is 1.21 bits per heavy atom. The van der Waals surface area contributed by atoms with E-state index in [0.717, 1.165) is 0 Å². The van der Waals surface area contributed by atoms with Crippen LogP contribution in [0.15, 0.2) is 29.4 Å². The quantitative estimate of drug-likeness (QED) is 0.617. The maximum absolute atomic E-state index is 11.9. The minimum atomic E-state index is -4.11. The summed E-state index contributed by atoms with van der Waals surface area (Å²) in [6, 6.07) is 0. The van der Waals surface area contributed by atoms with Crippen molar-refractivity contribution < 1.29 is 13.2 Å². The highest BCUT2D eigenvalue weighted by Gasteiger charge is 2.26. The second-order valence-electron chi connectivity index (χ2n) is 2.72. The molecule has 0 N–H and O–H groups in total. The summed E-state index contributed by atoms with van der Waals surface area (Å²) in [5.74, 6) is 0. The summed E-state index contributed by atoms with van der Waals surface area (Å²) < 4.78 is 35.6. The number of hydrogen-bond acceptors (Lipinski definition) is 1. The van der Waals surface area contributed by atoms with E-state index in [1.165, 1.54) is 6.20 Å². The van der Waals surface area contributed by atoms with Crippen molar-refractivity contribution in [3.63, 3.8) is 0 Å². The molecule has 1 nitrogen and oxygen atoms in total. The number of aliphatic imine (C=N–C) groups is 1. The predicted molar refractivity (Wildman–Crippen MR) is 52.4 cm³/mol. The summed E-state index contributed by atoms with van der Waals surface area (Å²) in [5, 5.41) is 0. The van der Waals surface area contributed by atoms with E-state index in [1.54, 1.807) is 32.1 Å². The fourth-order valence-electron chi connectivity index (χ4n) is 0.823. The molecule has 0 unspecified atom stereocenters. The summed E-state index contributed by atoms with van der Waals surface area (Å²) in [5.41, 5.74) is 0.447. The molecule has 0 spiro atoms. The number of halogens is 3. The van der Waals surface area contributed by atoms with Gasteiger partial charge in [0.25, 0.3) is 0 Å². The molecule has 0 saturated carbocycles. The third-order valence-electron chi connectivity index (χ3n) is 1.41. The average Bonchev–Trinajstić information content (AvgIpc) is 2.08. The monoisotopic (exact) mass is 205 g/mol. The SMILES string of the molecule is C\C=C/N=C(\C=C/C)CCC(F)(F)F. The fourth-order valence-corrected chi connectivity index (χ4v) is 0.823. The van der Waals surface area contributed by atoms with Crippen molar-refractivity contribution >= 4 is 5.71 Å². The van der Waals surface area contributed by atoms with Gasteiger partial charge in [-0.05, 0) is 26.3 Å². The maximum atomic E-state index is 11.9. The molecule has 14 heavy (non-hydrogen) atoms. The second kappa shape index (κ2) is 6.40. The van der Waals surface area contributed by atoms with E-state index in [1.807, 2.05) is 0 Å². The first-order valence-corrected chi connectivity index (χ1v) is 4.37. The Morgan fingerprint density at radius 2 is 1.86 bits per heavy atom. The Hall–Kier alpha value is -1.06. The van der Waals surface area contributed by atoms with Gasteiger partial charge in [-0.2, -0.15) is 13.2 Å². The molecule has 0 rings (SSSR count). The highest BCUT2D eigenvalue weighted by Crippen LogP contribution is 2.21. The van der Waals surface area contributed by atoms with E-state index in [2.05, 4.69) is 4.99 Å². The average molecular weight is 205 g/mol. The Bertz CT molecular complexity index is 236. The van der Waals surface area contributed by atoms with Gasteiger partial charge >= 0.3 is 6.18 Å². The number of alkyl halides is 3. The lowest BCUT2D eigenvalue weighted by atomic mass is 10.2. The van der Waals surface area contributed by atoms with Crippen LogP contribution in [0.1, 0.15) is 26.7 Å². The Balaban J connectivity index is 4.25. The zero-order valence-electron chi connectivity index (χ0n) is 8.30. The Morgan fingerprint density at radius 3 is 2.29 bits per heavy atom. The molecule has 0 aliphatic rings. The van der Waals surface area contributed by atoms with Crippen LogP contribution in [0.5, 0.6) is 0 Å². The van der Waals surface area contributed by atoms with Gasteiger partial charge in [-0.25, -0.2) is 0 Å². The number of nitrogens with zero attached hydrogens (tertiary/aromatic N) is 1. The fraction of sp³-hybridized carbons (Fsp3) is 0.500. The van der Waals surface area contributed by atoms with Gasteiger partial charge in [-0.15, -0.1) is 0 Å². The highest BCUT2D eigenvalue weighted by atomic mass is 19.4. The third-order valence-corrected chi connectivity index (χ3v) is 1.41. The molecule has 0 heterocycles. The second-order valence-corrected chi connectivity index (χ2v) is 2.72.